The highest BCUT2D eigenvalue weighted by Crippen LogP contribution is 2.24. The fourth-order valence-electron chi connectivity index (χ4n) is 2.36. The fraction of sp³-hybridized carbons (Fsp3) is 0.278. The zero-order valence-corrected chi connectivity index (χ0v) is 16.2. The minimum atomic E-state index is -4.08. The number of rotatable bonds is 8. The molecular weight excluding hydrogens is 395 g/mol. The molecule has 0 aliphatic rings. The lowest BCUT2D eigenvalue weighted by molar-refractivity contribution is -0.121. The van der Waals surface area contributed by atoms with Crippen molar-refractivity contribution >= 4 is 27.5 Å². The number of sulfonamides is 1. The van der Waals surface area contributed by atoms with Crippen LogP contribution in [0, 0.1) is 12.7 Å². The molecule has 146 valence electrons. The number of halogens is 2. The van der Waals surface area contributed by atoms with E-state index in [0.29, 0.717) is 0 Å². The number of amides is 1. The number of carbonyl (C=O) groups excluding carboxylic acids is 1. The molecule has 2 rings (SSSR count). The molecular formula is C18H20ClFN2O4S. The predicted molar refractivity (Wildman–Crippen MR) is 100 cm³/mol. The van der Waals surface area contributed by atoms with Gasteiger partial charge < -0.3 is 10.4 Å². The molecule has 0 saturated carbocycles. The first kappa shape index (κ1) is 21.3. The summed E-state index contributed by atoms with van der Waals surface area (Å²) in [6.07, 6.45) is 0. The van der Waals surface area contributed by atoms with Crippen LogP contribution in [0.4, 0.5) is 4.39 Å². The maximum atomic E-state index is 14.2. The third-order valence-electron chi connectivity index (χ3n) is 3.81. The molecule has 2 N–H and O–H groups in total. The van der Waals surface area contributed by atoms with Gasteiger partial charge in [-0.2, -0.15) is 4.31 Å². The number of aryl methyl sites for hydroxylation is 1. The van der Waals surface area contributed by atoms with E-state index in [4.69, 9.17) is 16.7 Å². The molecule has 1 amide bonds. The van der Waals surface area contributed by atoms with Crippen LogP contribution in [-0.2, 0) is 21.4 Å². The quantitative estimate of drug-likeness (QED) is 0.692. The van der Waals surface area contributed by atoms with Crippen LogP contribution in [0.25, 0.3) is 0 Å². The van der Waals surface area contributed by atoms with E-state index in [1.807, 2.05) is 6.92 Å². The molecule has 0 radical (unpaired) electrons. The summed E-state index contributed by atoms with van der Waals surface area (Å²) in [7, 11) is -4.08. The predicted octanol–water partition coefficient (Wildman–Crippen LogP) is 2.09. The third-order valence-corrected chi connectivity index (χ3v) is 5.97. The Morgan fingerprint density at radius 3 is 2.48 bits per heavy atom. The molecule has 9 heteroatoms. The molecule has 0 aliphatic carbocycles. The Hall–Kier alpha value is -2.00. The number of carbonyl (C=O) groups is 1. The Morgan fingerprint density at radius 2 is 1.89 bits per heavy atom. The van der Waals surface area contributed by atoms with Crippen molar-refractivity contribution in [2.75, 3.05) is 19.7 Å². The molecule has 0 aliphatic heterocycles. The second-order valence-corrected chi connectivity index (χ2v) is 8.21. The van der Waals surface area contributed by atoms with Crippen LogP contribution in [-0.4, -0.2) is 43.4 Å². The summed E-state index contributed by atoms with van der Waals surface area (Å²) in [5, 5.41) is 11.3. The molecule has 0 fully saturated rings. The molecule has 2 aromatic rings. The van der Waals surface area contributed by atoms with Gasteiger partial charge in [0.05, 0.1) is 18.0 Å². The average molecular weight is 415 g/mol. The number of hydrogen-bond donors (Lipinski definition) is 2. The van der Waals surface area contributed by atoms with Gasteiger partial charge in [0, 0.05) is 23.7 Å². The van der Waals surface area contributed by atoms with Gasteiger partial charge in [-0.1, -0.05) is 35.4 Å². The average Bonchev–Trinajstić information content (AvgIpc) is 2.62. The molecule has 0 heterocycles. The Kier molecular flexibility index (Phi) is 7.32. The van der Waals surface area contributed by atoms with Crippen LogP contribution in [0.3, 0.4) is 0 Å². The number of nitrogens with one attached hydrogen (secondary N) is 1. The van der Waals surface area contributed by atoms with Gasteiger partial charge in [-0.15, -0.1) is 0 Å². The summed E-state index contributed by atoms with van der Waals surface area (Å²) in [4.78, 5) is 12.0. The minimum Gasteiger partial charge on any atom is -0.395 e. The Morgan fingerprint density at radius 1 is 1.22 bits per heavy atom. The van der Waals surface area contributed by atoms with Crippen molar-refractivity contribution in [1.29, 1.82) is 0 Å². The van der Waals surface area contributed by atoms with Crippen molar-refractivity contribution < 1.29 is 22.7 Å². The summed E-state index contributed by atoms with van der Waals surface area (Å²) in [5.74, 6) is -1.28. The summed E-state index contributed by atoms with van der Waals surface area (Å²) < 4.78 is 41.0. The van der Waals surface area contributed by atoms with E-state index in [9.17, 15) is 17.6 Å². The summed E-state index contributed by atoms with van der Waals surface area (Å²) in [6, 6.07) is 10.1. The zero-order valence-electron chi connectivity index (χ0n) is 14.7. The number of aliphatic hydroxyl groups excluding tert-OH is 1. The second-order valence-electron chi connectivity index (χ2n) is 5.86. The number of nitrogens with zero attached hydrogens (tertiary/aromatic N) is 1. The van der Waals surface area contributed by atoms with E-state index in [2.05, 4.69) is 5.32 Å². The molecule has 6 nitrogen and oxygen atoms in total. The Bertz CT molecular complexity index is 884. The highest BCUT2D eigenvalue weighted by Gasteiger charge is 2.28. The van der Waals surface area contributed by atoms with Crippen molar-refractivity contribution in [3.8, 4) is 0 Å². The maximum Gasteiger partial charge on any atom is 0.243 e. The van der Waals surface area contributed by atoms with E-state index in [1.165, 1.54) is 30.3 Å². The van der Waals surface area contributed by atoms with Gasteiger partial charge in [-0.05, 0) is 31.2 Å². The second kappa shape index (κ2) is 9.27. The molecule has 0 bridgehead atoms. The molecule has 2 aromatic carbocycles. The largest absolute Gasteiger partial charge is 0.395 e. The molecule has 0 saturated heterocycles. The smallest absolute Gasteiger partial charge is 0.243 e. The highest BCUT2D eigenvalue weighted by molar-refractivity contribution is 7.89. The van der Waals surface area contributed by atoms with Crippen molar-refractivity contribution in [3.05, 3.63) is 64.4 Å². The van der Waals surface area contributed by atoms with E-state index in [1.54, 1.807) is 12.1 Å². The van der Waals surface area contributed by atoms with Crippen LogP contribution in [0.15, 0.2) is 47.4 Å². The molecule has 0 atom stereocenters. The van der Waals surface area contributed by atoms with Gasteiger partial charge in [0.2, 0.25) is 15.9 Å². The molecule has 0 spiro atoms. The van der Waals surface area contributed by atoms with Crippen LogP contribution in [0.5, 0.6) is 0 Å². The first-order valence-electron chi connectivity index (χ1n) is 8.13. The van der Waals surface area contributed by atoms with E-state index in [0.717, 1.165) is 9.87 Å². The lowest BCUT2D eigenvalue weighted by Crippen LogP contribution is -2.41. The summed E-state index contributed by atoms with van der Waals surface area (Å²) in [5.41, 5.74) is 0.850. The van der Waals surface area contributed by atoms with Crippen LogP contribution >= 0.6 is 11.6 Å². The maximum absolute atomic E-state index is 14.2. The molecule has 0 unspecified atom stereocenters. The van der Waals surface area contributed by atoms with E-state index < -0.39 is 34.8 Å². The first-order valence-corrected chi connectivity index (χ1v) is 9.94. The Labute approximate surface area is 162 Å². The lowest BCUT2D eigenvalue weighted by Gasteiger charge is -2.22. The summed E-state index contributed by atoms with van der Waals surface area (Å²) >= 11 is 6.02. The highest BCUT2D eigenvalue weighted by atomic mass is 35.5. The number of hydrogen-bond acceptors (Lipinski definition) is 4. The van der Waals surface area contributed by atoms with Crippen LogP contribution < -0.4 is 5.32 Å². The topological polar surface area (TPSA) is 86.7 Å². The van der Waals surface area contributed by atoms with E-state index in [-0.39, 0.29) is 28.6 Å². The van der Waals surface area contributed by atoms with Gasteiger partial charge in [-0.3, -0.25) is 4.79 Å². The van der Waals surface area contributed by atoms with Crippen LogP contribution in [0.1, 0.15) is 11.1 Å². The van der Waals surface area contributed by atoms with Crippen molar-refractivity contribution in [3.63, 3.8) is 0 Å². The van der Waals surface area contributed by atoms with Crippen molar-refractivity contribution in [2.24, 2.45) is 0 Å². The minimum absolute atomic E-state index is 0.0162. The van der Waals surface area contributed by atoms with Crippen molar-refractivity contribution in [1.82, 2.24) is 9.62 Å². The number of benzene rings is 2. The summed E-state index contributed by atoms with van der Waals surface area (Å²) in [6.45, 7) is 0.568. The molecule has 0 aromatic heterocycles. The standard InChI is InChI=1S/C18H20ClFN2O4S/c1-13-5-7-14(8-6-13)27(25,26)22(12-18(24)21-9-10-23)11-15-16(19)3-2-4-17(15)20/h2-8,23H,9-12H2,1H3,(H,21,24). The monoisotopic (exact) mass is 414 g/mol. The third kappa shape index (κ3) is 5.49. The number of aliphatic hydroxyl groups is 1. The van der Waals surface area contributed by atoms with Crippen molar-refractivity contribution in [2.45, 2.75) is 18.4 Å². The van der Waals surface area contributed by atoms with Gasteiger partial charge in [0.1, 0.15) is 5.82 Å². The van der Waals surface area contributed by atoms with Gasteiger partial charge >= 0.3 is 0 Å². The van der Waals surface area contributed by atoms with E-state index >= 15 is 0 Å². The van der Waals surface area contributed by atoms with Gasteiger partial charge in [0.25, 0.3) is 0 Å². The molecule has 27 heavy (non-hydrogen) atoms. The lowest BCUT2D eigenvalue weighted by atomic mass is 10.2. The zero-order chi connectivity index (χ0) is 20.0. The SMILES string of the molecule is Cc1ccc(S(=O)(=O)N(CC(=O)NCCO)Cc2c(F)cccc2Cl)cc1. The van der Waals surface area contributed by atoms with Gasteiger partial charge in [0.15, 0.2) is 0 Å². The normalized spacial score (nSPS) is 11.6. The Balaban J connectivity index is 2.39. The fourth-order valence-corrected chi connectivity index (χ4v) is 3.94. The van der Waals surface area contributed by atoms with Gasteiger partial charge in [-0.25, -0.2) is 12.8 Å². The van der Waals surface area contributed by atoms with Crippen LogP contribution in [0.2, 0.25) is 5.02 Å². The first-order chi connectivity index (χ1) is 12.8.